The molecule has 2 aromatic rings. The minimum absolute atomic E-state index is 0.0880. The van der Waals surface area contributed by atoms with Crippen molar-refractivity contribution < 1.29 is 13.5 Å². The molecule has 1 aliphatic heterocycles. The van der Waals surface area contributed by atoms with Gasteiger partial charge in [0.1, 0.15) is 11.6 Å². The molecule has 0 radical (unpaired) electrons. The molecule has 1 fully saturated rings. The summed E-state index contributed by atoms with van der Waals surface area (Å²) in [4.78, 5) is 7.15. The topological polar surface area (TPSA) is 62.0 Å². The van der Waals surface area contributed by atoms with E-state index in [1.165, 1.54) is 12.1 Å². The largest absolute Gasteiger partial charge is 0.469 e. The molecule has 0 bridgehead atoms. The van der Waals surface area contributed by atoms with Crippen LogP contribution in [0.25, 0.3) is 0 Å². The maximum Gasteiger partial charge on any atom is 0.191 e. The summed E-state index contributed by atoms with van der Waals surface area (Å²) in [7, 11) is 0. The number of aliphatic imine (C=N–C) groups is 1. The van der Waals surface area contributed by atoms with Gasteiger partial charge in [0, 0.05) is 32.6 Å². The van der Waals surface area contributed by atoms with Crippen molar-refractivity contribution >= 4 is 5.96 Å². The van der Waals surface area contributed by atoms with Gasteiger partial charge in [-0.2, -0.15) is 0 Å². The summed E-state index contributed by atoms with van der Waals surface area (Å²) < 4.78 is 24.2. The third kappa shape index (κ3) is 6.07. The van der Waals surface area contributed by atoms with Crippen molar-refractivity contribution in [3.05, 3.63) is 59.8 Å². The van der Waals surface area contributed by atoms with E-state index in [2.05, 4.69) is 15.5 Å². The quantitative estimate of drug-likeness (QED) is 0.538. The van der Waals surface area contributed by atoms with E-state index in [0.717, 1.165) is 49.9 Å². The van der Waals surface area contributed by atoms with Crippen molar-refractivity contribution in [2.24, 2.45) is 4.99 Å². The average Bonchev–Trinajstić information content (AvgIpc) is 3.24. The zero-order valence-corrected chi connectivity index (χ0v) is 16.4. The second-order valence-corrected chi connectivity index (χ2v) is 6.69. The first-order valence-electron chi connectivity index (χ1n) is 9.88. The minimum atomic E-state index is -0.221. The van der Waals surface area contributed by atoms with Crippen LogP contribution in [0.5, 0.6) is 0 Å². The van der Waals surface area contributed by atoms with Gasteiger partial charge in [-0.05, 0) is 36.8 Å². The predicted octanol–water partition coefficient (Wildman–Crippen LogP) is 2.59. The zero-order chi connectivity index (χ0) is 19.6. The molecule has 6 nitrogen and oxygen atoms in total. The smallest absolute Gasteiger partial charge is 0.191 e. The van der Waals surface area contributed by atoms with Crippen LogP contribution in [0.4, 0.5) is 4.39 Å². The van der Waals surface area contributed by atoms with Crippen LogP contribution in [0.15, 0.2) is 52.1 Å². The molecule has 1 aliphatic rings. The number of ether oxygens (including phenoxy) is 1. The highest BCUT2D eigenvalue weighted by molar-refractivity contribution is 5.79. The van der Waals surface area contributed by atoms with Crippen molar-refractivity contribution in [1.82, 2.24) is 15.5 Å². The minimum Gasteiger partial charge on any atom is -0.469 e. The van der Waals surface area contributed by atoms with E-state index < -0.39 is 0 Å². The normalized spacial score (nSPS) is 16.7. The molecule has 152 valence electrons. The first-order chi connectivity index (χ1) is 13.8. The van der Waals surface area contributed by atoms with Gasteiger partial charge in [0.05, 0.1) is 32.1 Å². The fourth-order valence-corrected chi connectivity index (χ4v) is 3.28. The van der Waals surface area contributed by atoms with E-state index in [4.69, 9.17) is 14.1 Å². The third-order valence-electron chi connectivity index (χ3n) is 4.75. The van der Waals surface area contributed by atoms with Crippen LogP contribution in [-0.2, 0) is 11.2 Å². The van der Waals surface area contributed by atoms with E-state index in [9.17, 15) is 4.39 Å². The second kappa shape index (κ2) is 10.8. The number of rotatable bonds is 8. The first kappa shape index (κ1) is 20.4. The molecule has 1 unspecified atom stereocenters. The molecular formula is C21H29FN4O2. The molecule has 7 heteroatoms. The number of hydrogen-bond donors (Lipinski definition) is 2. The number of nitrogens with zero attached hydrogens (tertiary/aromatic N) is 2. The fourth-order valence-electron chi connectivity index (χ4n) is 3.28. The molecule has 0 saturated carbocycles. The Hall–Kier alpha value is -2.38. The first-order valence-corrected chi connectivity index (χ1v) is 9.88. The van der Waals surface area contributed by atoms with Gasteiger partial charge < -0.3 is 19.8 Å². The van der Waals surface area contributed by atoms with Crippen LogP contribution in [0, 0.1) is 5.82 Å². The number of benzene rings is 1. The molecule has 1 aromatic carbocycles. The van der Waals surface area contributed by atoms with E-state index in [1.54, 1.807) is 6.26 Å². The lowest BCUT2D eigenvalue weighted by Gasteiger charge is -2.34. The third-order valence-corrected chi connectivity index (χ3v) is 4.75. The Kier molecular flexibility index (Phi) is 7.87. The summed E-state index contributed by atoms with van der Waals surface area (Å²) in [5.74, 6) is 1.50. The summed E-state index contributed by atoms with van der Waals surface area (Å²) in [6.07, 6.45) is 2.48. The van der Waals surface area contributed by atoms with E-state index in [-0.39, 0.29) is 11.9 Å². The summed E-state index contributed by atoms with van der Waals surface area (Å²) in [5.41, 5.74) is 1.07. The SMILES string of the molecule is CCNC(=NCC(c1ccc(F)cc1)N1CCOCC1)NCCc1ccco1. The summed E-state index contributed by atoms with van der Waals surface area (Å²) in [6, 6.07) is 10.7. The van der Waals surface area contributed by atoms with Crippen LogP contribution in [0.3, 0.4) is 0 Å². The summed E-state index contributed by atoms with van der Waals surface area (Å²) in [5, 5.41) is 6.64. The predicted molar refractivity (Wildman–Crippen MR) is 108 cm³/mol. The van der Waals surface area contributed by atoms with Crippen molar-refractivity contribution in [3.63, 3.8) is 0 Å². The molecule has 28 heavy (non-hydrogen) atoms. The molecule has 3 rings (SSSR count). The number of hydrogen-bond acceptors (Lipinski definition) is 4. The molecule has 2 N–H and O–H groups in total. The van der Waals surface area contributed by atoms with Gasteiger partial charge in [-0.15, -0.1) is 0 Å². The van der Waals surface area contributed by atoms with E-state index >= 15 is 0 Å². The Bertz CT molecular complexity index is 713. The van der Waals surface area contributed by atoms with Gasteiger partial charge in [-0.1, -0.05) is 12.1 Å². The molecular weight excluding hydrogens is 359 g/mol. The van der Waals surface area contributed by atoms with E-state index in [1.807, 2.05) is 31.2 Å². The average molecular weight is 388 g/mol. The van der Waals surface area contributed by atoms with Crippen LogP contribution in [0.1, 0.15) is 24.3 Å². The van der Waals surface area contributed by atoms with Crippen molar-refractivity contribution in [3.8, 4) is 0 Å². The maximum absolute atomic E-state index is 13.4. The lowest BCUT2D eigenvalue weighted by Crippen LogP contribution is -2.42. The molecule has 0 aliphatic carbocycles. The van der Waals surface area contributed by atoms with Crippen LogP contribution < -0.4 is 10.6 Å². The van der Waals surface area contributed by atoms with Gasteiger partial charge in [0.2, 0.25) is 0 Å². The van der Waals surface area contributed by atoms with Gasteiger partial charge >= 0.3 is 0 Å². The Labute approximate surface area is 165 Å². The van der Waals surface area contributed by atoms with Crippen LogP contribution in [-0.4, -0.2) is 56.8 Å². The van der Waals surface area contributed by atoms with Gasteiger partial charge in [-0.3, -0.25) is 9.89 Å². The van der Waals surface area contributed by atoms with Crippen LogP contribution >= 0.6 is 0 Å². The zero-order valence-electron chi connectivity index (χ0n) is 16.4. The molecule has 1 atom stereocenters. The summed E-state index contributed by atoms with van der Waals surface area (Å²) in [6.45, 7) is 7.26. The monoisotopic (exact) mass is 388 g/mol. The maximum atomic E-state index is 13.4. The van der Waals surface area contributed by atoms with Crippen molar-refractivity contribution in [2.75, 3.05) is 45.9 Å². The Morgan fingerprint density at radius 1 is 1.18 bits per heavy atom. The van der Waals surface area contributed by atoms with E-state index in [0.29, 0.717) is 19.8 Å². The number of furan rings is 1. The highest BCUT2D eigenvalue weighted by Crippen LogP contribution is 2.22. The highest BCUT2D eigenvalue weighted by atomic mass is 19.1. The van der Waals surface area contributed by atoms with Crippen molar-refractivity contribution in [2.45, 2.75) is 19.4 Å². The van der Waals surface area contributed by atoms with Gasteiger partial charge in [-0.25, -0.2) is 4.39 Å². The number of halogens is 1. The Balaban J connectivity index is 1.66. The Morgan fingerprint density at radius 2 is 1.96 bits per heavy atom. The highest BCUT2D eigenvalue weighted by Gasteiger charge is 2.22. The molecule has 0 spiro atoms. The number of guanidine groups is 1. The molecule has 1 saturated heterocycles. The second-order valence-electron chi connectivity index (χ2n) is 6.69. The Morgan fingerprint density at radius 3 is 2.64 bits per heavy atom. The van der Waals surface area contributed by atoms with Crippen LogP contribution in [0.2, 0.25) is 0 Å². The lowest BCUT2D eigenvalue weighted by molar-refractivity contribution is 0.0179. The van der Waals surface area contributed by atoms with Gasteiger partial charge in [0.15, 0.2) is 5.96 Å². The fraction of sp³-hybridized carbons (Fsp3) is 0.476. The molecule has 0 amide bonds. The molecule has 1 aromatic heterocycles. The summed E-state index contributed by atoms with van der Waals surface area (Å²) >= 11 is 0. The van der Waals surface area contributed by atoms with Gasteiger partial charge in [0.25, 0.3) is 0 Å². The lowest BCUT2D eigenvalue weighted by atomic mass is 10.0. The standard InChI is InChI=1S/C21H29FN4O2/c1-2-23-21(24-10-9-19-4-3-13-28-19)25-16-20(26-11-14-27-15-12-26)17-5-7-18(22)8-6-17/h3-8,13,20H,2,9-12,14-16H2,1H3,(H2,23,24,25). The number of morpholine rings is 1. The number of nitrogens with one attached hydrogen (secondary N) is 2. The van der Waals surface area contributed by atoms with Crippen molar-refractivity contribution in [1.29, 1.82) is 0 Å². The molecule has 2 heterocycles.